The third-order valence-corrected chi connectivity index (χ3v) is 2.31. The van der Waals surface area contributed by atoms with Crippen molar-refractivity contribution in [3.05, 3.63) is 23.4 Å². The first kappa shape index (κ1) is 8.85. The second-order valence-corrected chi connectivity index (χ2v) is 3.27. The normalized spacial score (nSPS) is 10.3. The molecule has 2 aromatic rings. The lowest BCUT2D eigenvalue weighted by molar-refractivity contribution is 0.736. The van der Waals surface area contributed by atoms with Crippen molar-refractivity contribution in [2.75, 3.05) is 5.73 Å². The summed E-state index contributed by atoms with van der Waals surface area (Å²) >= 11 is 5.99. The van der Waals surface area contributed by atoms with Gasteiger partial charge in [-0.2, -0.15) is 10.4 Å². The van der Waals surface area contributed by atoms with Crippen LogP contribution < -0.4 is 5.73 Å². The van der Waals surface area contributed by atoms with E-state index < -0.39 is 0 Å². The van der Waals surface area contributed by atoms with Crippen LogP contribution in [-0.4, -0.2) is 9.78 Å². The van der Waals surface area contributed by atoms with Crippen molar-refractivity contribution in [2.45, 2.75) is 6.54 Å². The van der Waals surface area contributed by atoms with Gasteiger partial charge in [0.05, 0.1) is 22.8 Å². The van der Waals surface area contributed by atoms with Crippen LogP contribution in [0, 0.1) is 11.3 Å². The number of rotatable bonds is 1. The van der Waals surface area contributed by atoms with E-state index in [0.29, 0.717) is 16.2 Å². The van der Waals surface area contributed by atoms with Crippen LogP contribution in [0.3, 0.4) is 0 Å². The smallest absolute Gasteiger partial charge is 0.128 e. The summed E-state index contributed by atoms with van der Waals surface area (Å²) in [5.74, 6) is 0. The fraction of sp³-hybridized carbons (Fsp3) is 0.111. The molecule has 2 N–H and O–H groups in total. The van der Waals surface area contributed by atoms with Crippen molar-refractivity contribution in [2.24, 2.45) is 0 Å². The van der Waals surface area contributed by atoms with Gasteiger partial charge in [-0.05, 0) is 12.1 Å². The molecule has 5 heteroatoms. The maximum atomic E-state index is 8.57. The van der Waals surface area contributed by atoms with E-state index in [0.717, 1.165) is 5.39 Å². The van der Waals surface area contributed by atoms with E-state index in [2.05, 4.69) is 5.10 Å². The van der Waals surface area contributed by atoms with Crippen LogP contribution in [0.2, 0.25) is 5.02 Å². The zero-order valence-corrected chi connectivity index (χ0v) is 7.99. The van der Waals surface area contributed by atoms with Gasteiger partial charge in [0.25, 0.3) is 0 Å². The van der Waals surface area contributed by atoms with Crippen molar-refractivity contribution in [3.8, 4) is 6.07 Å². The lowest BCUT2D eigenvalue weighted by Gasteiger charge is -2.00. The molecule has 1 aromatic carbocycles. The van der Waals surface area contributed by atoms with Crippen molar-refractivity contribution in [1.82, 2.24) is 9.78 Å². The van der Waals surface area contributed by atoms with E-state index in [1.807, 2.05) is 6.07 Å². The van der Waals surface area contributed by atoms with Gasteiger partial charge in [0.15, 0.2) is 0 Å². The Bertz CT molecular complexity index is 523. The van der Waals surface area contributed by atoms with Gasteiger partial charge < -0.3 is 5.73 Å². The average molecular weight is 207 g/mol. The number of nitrogens with two attached hydrogens (primary N) is 1. The highest BCUT2D eigenvalue weighted by Crippen LogP contribution is 2.27. The number of nitriles is 1. The number of nitrogens with zero attached hydrogens (tertiary/aromatic N) is 3. The third-order valence-electron chi connectivity index (χ3n) is 2.01. The Balaban J connectivity index is 2.78. The highest BCUT2D eigenvalue weighted by Gasteiger charge is 2.08. The highest BCUT2D eigenvalue weighted by molar-refractivity contribution is 6.35. The minimum absolute atomic E-state index is 0.173. The molecule has 0 aliphatic carbocycles. The summed E-state index contributed by atoms with van der Waals surface area (Å²) in [5.41, 5.74) is 7.07. The molecule has 0 radical (unpaired) electrons. The molecule has 0 unspecified atom stereocenters. The molecule has 0 saturated carbocycles. The topological polar surface area (TPSA) is 67.6 Å². The van der Waals surface area contributed by atoms with E-state index >= 15 is 0 Å². The molecular weight excluding hydrogens is 200 g/mol. The summed E-state index contributed by atoms with van der Waals surface area (Å²) < 4.78 is 1.54. The first-order chi connectivity index (χ1) is 6.74. The Morgan fingerprint density at radius 3 is 3.07 bits per heavy atom. The van der Waals surface area contributed by atoms with Gasteiger partial charge in [-0.3, -0.25) is 0 Å². The highest BCUT2D eigenvalue weighted by atomic mass is 35.5. The first-order valence-electron chi connectivity index (χ1n) is 4.00. The number of hydrogen-bond acceptors (Lipinski definition) is 3. The Hall–Kier alpha value is -1.73. The average Bonchev–Trinajstić information content (AvgIpc) is 2.58. The van der Waals surface area contributed by atoms with E-state index in [-0.39, 0.29) is 6.54 Å². The second-order valence-electron chi connectivity index (χ2n) is 2.86. The Morgan fingerprint density at radius 1 is 1.57 bits per heavy atom. The summed E-state index contributed by atoms with van der Waals surface area (Å²) in [6, 6.07) is 5.44. The summed E-state index contributed by atoms with van der Waals surface area (Å²) in [6.07, 6.45) is 1.62. The van der Waals surface area contributed by atoms with E-state index in [4.69, 9.17) is 22.6 Å². The van der Waals surface area contributed by atoms with Crippen LogP contribution in [0.4, 0.5) is 5.69 Å². The van der Waals surface area contributed by atoms with Gasteiger partial charge in [-0.25, -0.2) is 4.68 Å². The molecular formula is C9H7ClN4. The van der Waals surface area contributed by atoms with Gasteiger partial charge in [0.2, 0.25) is 0 Å². The summed E-state index contributed by atoms with van der Waals surface area (Å²) in [5, 5.41) is 14.0. The maximum absolute atomic E-state index is 8.57. The number of halogens is 1. The lowest BCUT2D eigenvalue weighted by atomic mass is 10.2. The van der Waals surface area contributed by atoms with Crippen molar-refractivity contribution in [1.29, 1.82) is 5.26 Å². The molecule has 0 bridgehead atoms. The molecule has 0 spiro atoms. The molecule has 0 amide bonds. The largest absolute Gasteiger partial charge is 0.398 e. The predicted molar refractivity (Wildman–Crippen MR) is 54.8 cm³/mol. The van der Waals surface area contributed by atoms with Gasteiger partial charge in [0, 0.05) is 11.1 Å². The molecule has 2 rings (SSSR count). The first-order valence-corrected chi connectivity index (χ1v) is 4.38. The molecule has 70 valence electrons. The van der Waals surface area contributed by atoms with Gasteiger partial charge in [0.1, 0.15) is 6.54 Å². The third kappa shape index (κ3) is 1.19. The van der Waals surface area contributed by atoms with E-state index in [9.17, 15) is 0 Å². The molecule has 1 heterocycles. The van der Waals surface area contributed by atoms with E-state index in [1.165, 1.54) is 4.68 Å². The van der Waals surface area contributed by atoms with Gasteiger partial charge in [-0.1, -0.05) is 11.6 Å². The molecule has 0 aliphatic rings. The zero-order chi connectivity index (χ0) is 10.1. The Kier molecular flexibility index (Phi) is 2.02. The standard InChI is InChI=1S/C9H7ClN4/c10-7-1-2-8(12)6-5-13-14(4-3-11)9(6)7/h1-2,5H,4,12H2. The minimum Gasteiger partial charge on any atom is -0.398 e. The molecule has 0 aliphatic heterocycles. The van der Waals surface area contributed by atoms with Crippen LogP contribution in [0.25, 0.3) is 10.9 Å². The maximum Gasteiger partial charge on any atom is 0.128 e. The molecule has 14 heavy (non-hydrogen) atoms. The fourth-order valence-corrected chi connectivity index (χ4v) is 1.63. The molecule has 0 fully saturated rings. The van der Waals surface area contributed by atoms with Gasteiger partial charge in [-0.15, -0.1) is 0 Å². The van der Waals surface area contributed by atoms with Crippen LogP contribution in [0.1, 0.15) is 0 Å². The number of anilines is 1. The van der Waals surface area contributed by atoms with Crippen molar-refractivity contribution < 1.29 is 0 Å². The van der Waals surface area contributed by atoms with Crippen LogP contribution in [-0.2, 0) is 6.54 Å². The second kappa shape index (κ2) is 3.20. The Labute approximate surface area is 85.5 Å². The number of hydrogen-bond donors (Lipinski definition) is 1. The van der Waals surface area contributed by atoms with Crippen molar-refractivity contribution in [3.63, 3.8) is 0 Å². The molecule has 1 aromatic heterocycles. The molecule has 0 atom stereocenters. The minimum atomic E-state index is 0.173. The number of nitrogen functional groups attached to an aromatic ring is 1. The molecule has 0 saturated heterocycles. The number of aromatic nitrogens is 2. The summed E-state index contributed by atoms with van der Waals surface area (Å²) in [7, 11) is 0. The lowest BCUT2D eigenvalue weighted by Crippen LogP contribution is -1.97. The fourth-order valence-electron chi connectivity index (χ4n) is 1.37. The summed E-state index contributed by atoms with van der Waals surface area (Å²) in [6.45, 7) is 0.173. The quantitative estimate of drug-likeness (QED) is 0.724. The van der Waals surface area contributed by atoms with Gasteiger partial charge >= 0.3 is 0 Å². The van der Waals surface area contributed by atoms with Crippen LogP contribution in [0.15, 0.2) is 18.3 Å². The Morgan fingerprint density at radius 2 is 2.36 bits per heavy atom. The number of fused-ring (bicyclic) bond motifs is 1. The molecule has 4 nitrogen and oxygen atoms in total. The number of benzene rings is 1. The zero-order valence-electron chi connectivity index (χ0n) is 7.24. The summed E-state index contributed by atoms with van der Waals surface area (Å²) in [4.78, 5) is 0. The van der Waals surface area contributed by atoms with Crippen LogP contribution >= 0.6 is 11.6 Å². The van der Waals surface area contributed by atoms with Crippen LogP contribution in [0.5, 0.6) is 0 Å². The van der Waals surface area contributed by atoms with E-state index in [1.54, 1.807) is 18.3 Å². The SMILES string of the molecule is N#CCn1ncc2c(N)ccc(Cl)c21. The predicted octanol–water partition coefficient (Wildman–Crippen LogP) is 1.80. The monoisotopic (exact) mass is 206 g/mol. The van der Waals surface area contributed by atoms with Crippen molar-refractivity contribution >= 4 is 28.2 Å².